The van der Waals surface area contributed by atoms with Crippen molar-refractivity contribution >= 4 is 11.6 Å². The zero-order valence-corrected chi connectivity index (χ0v) is 12.0. The standard InChI is InChI=1S/C15H22ClNO/c1-11-7-13(16)8-12(14(11)18-2)9-15(10-17)5-3-4-6-15/h7-8H,3-6,9-10,17H2,1-2H3. The first-order valence-electron chi connectivity index (χ1n) is 6.63. The maximum absolute atomic E-state index is 6.17. The van der Waals surface area contributed by atoms with Crippen LogP contribution in [0.4, 0.5) is 0 Å². The lowest BCUT2D eigenvalue weighted by Crippen LogP contribution is -2.30. The van der Waals surface area contributed by atoms with E-state index in [-0.39, 0.29) is 5.41 Å². The summed E-state index contributed by atoms with van der Waals surface area (Å²) in [5, 5.41) is 0.786. The highest BCUT2D eigenvalue weighted by molar-refractivity contribution is 6.30. The van der Waals surface area contributed by atoms with E-state index in [2.05, 4.69) is 0 Å². The summed E-state index contributed by atoms with van der Waals surface area (Å²) in [7, 11) is 1.73. The van der Waals surface area contributed by atoms with Crippen molar-refractivity contribution in [3.8, 4) is 5.75 Å². The van der Waals surface area contributed by atoms with E-state index >= 15 is 0 Å². The number of hydrogen-bond acceptors (Lipinski definition) is 2. The molecule has 0 saturated heterocycles. The molecule has 1 aliphatic carbocycles. The van der Waals surface area contributed by atoms with Crippen LogP contribution in [0.5, 0.6) is 5.75 Å². The number of hydrogen-bond donors (Lipinski definition) is 1. The molecule has 0 aromatic heterocycles. The van der Waals surface area contributed by atoms with Crippen molar-refractivity contribution in [2.75, 3.05) is 13.7 Å². The second-order valence-corrected chi connectivity index (χ2v) is 5.94. The Morgan fingerprint density at radius 3 is 2.56 bits per heavy atom. The molecule has 2 nitrogen and oxygen atoms in total. The molecule has 0 heterocycles. The van der Waals surface area contributed by atoms with Gasteiger partial charge in [-0.3, -0.25) is 0 Å². The zero-order chi connectivity index (χ0) is 13.2. The van der Waals surface area contributed by atoms with Crippen LogP contribution in [0.3, 0.4) is 0 Å². The molecule has 1 aromatic carbocycles. The maximum atomic E-state index is 6.17. The van der Waals surface area contributed by atoms with Gasteiger partial charge in [0.15, 0.2) is 0 Å². The van der Waals surface area contributed by atoms with Crippen LogP contribution in [-0.2, 0) is 6.42 Å². The number of methoxy groups -OCH3 is 1. The van der Waals surface area contributed by atoms with Gasteiger partial charge in [0, 0.05) is 5.02 Å². The third-order valence-electron chi connectivity index (χ3n) is 4.18. The summed E-state index contributed by atoms with van der Waals surface area (Å²) in [5.41, 5.74) is 8.57. The molecule has 0 bridgehead atoms. The van der Waals surface area contributed by atoms with Crippen LogP contribution >= 0.6 is 11.6 Å². The van der Waals surface area contributed by atoms with Gasteiger partial charge in [-0.25, -0.2) is 0 Å². The second kappa shape index (κ2) is 5.50. The molecule has 0 radical (unpaired) electrons. The Kier molecular flexibility index (Phi) is 4.18. The second-order valence-electron chi connectivity index (χ2n) is 5.50. The first kappa shape index (κ1) is 13.7. The summed E-state index contributed by atoms with van der Waals surface area (Å²) in [6.45, 7) is 2.79. The molecule has 1 fully saturated rings. The number of nitrogens with two attached hydrogens (primary N) is 1. The van der Waals surface area contributed by atoms with Gasteiger partial charge in [-0.05, 0) is 61.4 Å². The van der Waals surface area contributed by atoms with E-state index in [0.717, 1.165) is 29.3 Å². The maximum Gasteiger partial charge on any atom is 0.125 e. The Balaban J connectivity index is 2.32. The van der Waals surface area contributed by atoms with E-state index < -0.39 is 0 Å². The third kappa shape index (κ3) is 2.65. The highest BCUT2D eigenvalue weighted by atomic mass is 35.5. The van der Waals surface area contributed by atoms with Crippen LogP contribution in [0.1, 0.15) is 36.8 Å². The quantitative estimate of drug-likeness (QED) is 0.902. The van der Waals surface area contributed by atoms with Gasteiger partial charge in [-0.15, -0.1) is 0 Å². The summed E-state index contributed by atoms with van der Waals surface area (Å²) in [4.78, 5) is 0. The fourth-order valence-electron chi connectivity index (χ4n) is 3.20. The van der Waals surface area contributed by atoms with Crippen molar-refractivity contribution in [2.24, 2.45) is 11.1 Å². The van der Waals surface area contributed by atoms with E-state index in [9.17, 15) is 0 Å². The molecule has 0 amide bonds. The van der Waals surface area contributed by atoms with Gasteiger partial charge in [0.1, 0.15) is 5.75 Å². The molecule has 1 aliphatic rings. The van der Waals surface area contributed by atoms with Gasteiger partial charge in [0.25, 0.3) is 0 Å². The normalized spacial score (nSPS) is 18.0. The molecular formula is C15H22ClNO. The molecule has 0 spiro atoms. The Bertz CT molecular complexity index is 425. The van der Waals surface area contributed by atoms with E-state index in [0.29, 0.717) is 0 Å². The lowest BCUT2D eigenvalue weighted by atomic mass is 9.79. The summed E-state index contributed by atoms with van der Waals surface area (Å²) in [5.74, 6) is 0.971. The Morgan fingerprint density at radius 2 is 2.00 bits per heavy atom. The van der Waals surface area contributed by atoms with Gasteiger partial charge in [0.05, 0.1) is 7.11 Å². The van der Waals surface area contributed by atoms with E-state index in [1.54, 1.807) is 7.11 Å². The van der Waals surface area contributed by atoms with Crippen LogP contribution in [0.25, 0.3) is 0 Å². The Labute approximate surface area is 114 Å². The van der Waals surface area contributed by atoms with Crippen LogP contribution in [0.2, 0.25) is 5.02 Å². The highest BCUT2D eigenvalue weighted by Gasteiger charge is 2.33. The van der Waals surface area contributed by atoms with Crippen LogP contribution < -0.4 is 10.5 Å². The fourth-order valence-corrected chi connectivity index (χ4v) is 3.50. The van der Waals surface area contributed by atoms with Crippen molar-refractivity contribution < 1.29 is 4.74 Å². The van der Waals surface area contributed by atoms with Gasteiger partial charge < -0.3 is 10.5 Å². The molecule has 3 heteroatoms. The van der Waals surface area contributed by atoms with Gasteiger partial charge >= 0.3 is 0 Å². The molecule has 2 N–H and O–H groups in total. The molecule has 2 rings (SSSR count). The zero-order valence-electron chi connectivity index (χ0n) is 11.3. The smallest absolute Gasteiger partial charge is 0.125 e. The van der Waals surface area contributed by atoms with Crippen molar-refractivity contribution in [1.29, 1.82) is 0 Å². The fraction of sp³-hybridized carbons (Fsp3) is 0.600. The number of halogens is 1. The highest BCUT2D eigenvalue weighted by Crippen LogP contribution is 2.42. The predicted molar refractivity (Wildman–Crippen MR) is 76.4 cm³/mol. The van der Waals surface area contributed by atoms with E-state index in [4.69, 9.17) is 22.1 Å². The van der Waals surface area contributed by atoms with Crippen molar-refractivity contribution in [2.45, 2.75) is 39.0 Å². The third-order valence-corrected chi connectivity index (χ3v) is 4.40. The molecule has 100 valence electrons. The summed E-state index contributed by atoms with van der Waals surface area (Å²) < 4.78 is 5.53. The average Bonchev–Trinajstić information content (AvgIpc) is 2.78. The molecule has 0 aliphatic heterocycles. The van der Waals surface area contributed by atoms with Gasteiger partial charge in [0.2, 0.25) is 0 Å². The van der Waals surface area contributed by atoms with E-state index in [1.807, 2.05) is 19.1 Å². The van der Waals surface area contributed by atoms with Crippen molar-refractivity contribution in [1.82, 2.24) is 0 Å². The van der Waals surface area contributed by atoms with Crippen LogP contribution in [0.15, 0.2) is 12.1 Å². The van der Waals surface area contributed by atoms with E-state index in [1.165, 1.54) is 31.2 Å². The van der Waals surface area contributed by atoms with Crippen molar-refractivity contribution in [3.63, 3.8) is 0 Å². The molecular weight excluding hydrogens is 246 g/mol. The molecule has 0 unspecified atom stereocenters. The first-order chi connectivity index (χ1) is 8.60. The topological polar surface area (TPSA) is 35.2 Å². The molecule has 0 atom stereocenters. The SMILES string of the molecule is COc1c(C)cc(Cl)cc1CC1(CN)CCCC1. The van der Waals surface area contributed by atoms with Crippen molar-refractivity contribution in [3.05, 3.63) is 28.3 Å². The monoisotopic (exact) mass is 267 g/mol. The summed E-state index contributed by atoms with van der Waals surface area (Å²) >= 11 is 6.17. The Morgan fingerprint density at radius 1 is 1.33 bits per heavy atom. The molecule has 18 heavy (non-hydrogen) atoms. The Hall–Kier alpha value is -0.730. The summed E-state index contributed by atoms with van der Waals surface area (Å²) in [6, 6.07) is 3.98. The summed E-state index contributed by atoms with van der Waals surface area (Å²) in [6.07, 6.45) is 6.00. The number of rotatable bonds is 4. The average molecular weight is 268 g/mol. The lowest BCUT2D eigenvalue weighted by Gasteiger charge is -2.28. The predicted octanol–water partition coefficient (Wildman–Crippen LogP) is 3.72. The van der Waals surface area contributed by atoms with Gasteiger partial charge in [-0.1, -0.05) is 24.4 Å². The number of aryl methyl sites for hydroxylation is 1. The molecule has 1 aromatic rings. The van der Waals surface area contributed by atoms with Crippen LogP contribution in [0, 0.1) is 12.3 Å². The lowest BCUT2D eigenvalue weighted by molar-refractivity contribution is 0.300. The largest absolute Gasteiger partial charge is 0.496 e. The number of benzene rings is 1. The minimum atomic E-state index is 0.254. The number of ether oxygens (including phenoxy) is 1. The minimum absolute atomic E-state index is 0.254. The van der Waals surface area contributed by atoms with Crippen LogP contribution in [-0.4, -0.2) is 13.7 Å². The first-order valence-corrected chi connectivity index (χ1v) is 7.01. The minimum Gasteiger partial charge on any atom is -0.496 e. The molecule has 1 saturated carbocycles. The van der Waals surface area contributed by atoms with Gasteiger partial charge in [-0.2, -0.15) is 0 Å².